The topological polar surface area (TPSA) is 103 Å². The van der Waals surface area contributed by atoms with E-state index in [9.17, 15) is 14.4 Å². The van der Waals surface area contributed by atoms with Gasteiger partial charge in [-0.05, 0) is 63.7 Å². The van der Waals surface area contributed by atoms with Crippen LogP contribution >= 0.6 is 0 Å². The van der Waals surface area contributed by atoms with Crippen molar-refractivity contribution in [2.75, 3.05) is 6.54 Å². The zero-order valence-electron chi connectivity index (χ0n) is 23.4. The third-order valence-electron chi connectivity index (χ3n) is 9.22. The van der Waals surface area contributed by atoms with E-state index in [1.807, 2.05) is 11.8 Å². The molecule has 4 rings (SSSR count). The summed E-state index contributed by atoms with van der Waals surface area (Å²) in [5.41, 5.74) is 0. The molecule has 4 aliphatic rings. The molecule has 37 heavy (non-hydrogen) atoms. The summed E-state index contributed by atoms with van der Waals surface area (Å²) < 4.78 is 0. The van der Waals surface area contributed by atoms with E-state index >= 15 is 0 Å². The molecule has 2 saturated carbocycles. The van der Waals surface area contributed by atoms with E-state index < -0.39 is 6.04 Å². The Morgan fingerprint density at radius 3 is 2.14 bits per heavy atom. The van der Waals surface area contributed by atoms with E-state index in [0.29, 0.717) is 36.4 Å². The summed E-state index contributed by atoms with van der Waals surface area (Å²) in [6.45, 7) is 6.94. The summed E-state index contributed by atoms with van der Waals surface area (Å²) in [4.78, 5) is 41.8. The smallest absolute Gasteiger partial charge is 0.243 e. The van der Waals surface area contributed by atoms with Crippen LogP contribution in [0.15, 0.2) is 0 Å². The van der Waals surface area contributed by atoms with Crippen LogP contribution in [0.4, 0.5) is 0 Å². The minimum atomic E-state index is -0.842. The number of carbonyl (C=O) groups is 3. The molecule has 5 atom stereocenters. The van der Waals surface area contributed by atoms with Crippen molar-refractivity contribution in [1.29, 1.82) is 0 Å². The van der Waals surface area contributed by atoms with E-state index in [4.69, 9.17) is 0 Å². The molecule has 2 saturated heterocycles. The Morgan fingerprint density at radius 2 is 1.49 bits per heavy atom. The van der Waals surface area contributed by atoms with Crippen LogP contribution in [0.3, 0.4) is 0 Å². The van der Waals surface area contributed by atoms with Crippen molar-refractivity contribution in [1.82, 2.24) is 26.2 Å². The average Bonchev–Trinajstić information content (AvgIpc) is 3.55. The van der Waals surface area contributed by atoms with Crippen LogP contribution < -0.4 is 21.3 Å². The van der Waals surface area contributed by atoms with E-state index in [1.54, 1.807) is 0 Å². The van der Waals surface area contributed by atoms with Gasteiger partial charge in [-0.3, -0.25) is 25.0 Å². The van der Waals surface area contributed by atoms with E-state index in [0.717, 1.165) is 38.6 Å². The quantitative estimate of drug-likeness (QED) is 0.356. The van der Waals surface area contributed by atoms with Gasteiger partial charge in [0.2, 0.25) is 17.7 Å². The highest BCUT2D eigenvalue weighted by Crippen LogP contribution is 2.34. The Labute approximate surface area is 223 Å². The van der Waals surface area contributed by atoms with Gasteiger partial charge < -0.3 is 15.5 Å². The second kappa shape index (κ2) is 13.4. The van der Waals surface area contributed by atoms with Crippen LogP contribution in [0.5, 0.6) is 0 Å². The number of nitrogens with one attached hydrogen (secondary N) is 4. The standard InChI is InChI=1S/C29H51N5O3/c1-19(2)15-16-26(35)31-24(18-27(36)34-17-9-14-25(34)21-10-5-4-6-11-21)29(37)30-20(3)28-32-22-12-7-8-13-23(22)33-28/h19-25,28,32-33H,4-18H2,1-3H3,(H,30,37)(H,31,35)/t20-,22?,23?,24-,25+,28?/m0/s1. The highest BCUT2D eigenvalue weighted by Gasteiger charge is 2.39. The van der Waals surface area contributed by atoms with Crippen LogP contribution in [0, 0.1) is 11.8 Å². The number of carbonyl (C=O) groups excluding carboxylic acids is 3. The second-order valence-corrected chi connectivity index (χ2v) is 12.6. The number of likely N-dealkylation sites (tertiary alicyclic amines) is 1. The van der Waals surface area contributed by atoms with Crippen molar-refractivity contribution in [3.63, 3.8) is 0 Å². The fourth-order valence-corrected chi connectivity index (χ4v) is 7.03. The Balaban J connectivity index is 1.38. The molecular weight excluding hydrogens is 466 g/mol. The third kappa shape index (κ3) is 7.69. The van der Waals surface area contributed by atoms with Gasteiger partial charge in [-0.1, -0.05) is 46.0 Å². The summed E-state index contributed by atoms with van der Waals surface area (Å²) in [6.07, 6.45) is 14.3. The minimum absolute atomic E-state index is 0.000641. The minimum Gasteiger partial charge on any atom is -0.349 e. The number of amides is 3. The fraction of sp³-hybridized carbons (Fsp3) is 0.897. The molecule has 8 heteroatoms. The zero-order valence-corrected chi connectivity index (χ0v) is 23.4. The largest absolute Gasteiger partial charge is 0.349 e. The van der Waals surface area contributed by atoms with Gasteiger partial charge >= 0.3 is 0 Å². The van der Waals surface area contributed by atoms with Crippen LogP contribution in [0.25, 0.3) is 0 Å². The predicted molar refractivity (Wildman–Crippen MR) is 146 cm³/mol. The molecule has 0 radical (unpaired) electrons. The van der Waals surface area contributed by atoms with Gasteiger partial charge in [0.05, 0.1) is 18.6 Å². The fourth-order valence-electron chi connectivity index (χ4n) is 7.03. The molecule has 8 nitrogen and oxygen atoms in total. The van der Waals surface area contributed by atoms with E-state index in [2.05, 4.69) is 35.1 Å². The lowest BCUT2D eigenvalue weighted by Crippen LogP contribution is -2.57. The van der Waals surface area contributed by atoms with Gasteiger partial charge in [-0.15, -0.1) is 0 Å². The van der Waals surface area contributed by atoms with Crippen molar-refractivity contribution in [3.05, 3.63) is 0 Å². The summed E-state index contributed by atoms with van der Waals surface area (Å²) >= 11 is 0. The summed E-state index contributed by atoms with van der Waals surface area (Å²) in [5.74, 6) is 0.584. The lowest BCUT2D eigenvalue weighted by molar-refractivity contribution is -0.138. The normalized spacial score (nSPS) is 30.1. The van der Waals surface area contributed by atoms with Crippen LogP contribution in [0.2, 0.25) is 0 Å². The first-order chi connectivity index (χ1) is 17.8. The van der Waals surface area contributed by atoms with Gasteiger partial charge in [0.15, 0.2) is 0 Å². The lowest BCUT2D eigenvalue weighted by atomic mass is 9.83. The summed E-state index contributed by atoms with van der Waals surface area (Å²) in [7, 11) is 0. The van der Waals surface area contributed by atoms with Crippen molar-refractivity contribution in [3.8, 4) is 0 Å². The monoisotopic (exact) mass is 517 g/mol. The number of hydrogen-bond donors (Lipinski definition) is 4. The number of rotatable bonds is 10. The zero-order chi connectivity index (χ0) is 26.4. The Bertz CT molecular complexity index is 770. The molecule has 0 aromatic carbocycles. The molecule has 0 aromatic rings. The van der Waals surface area contributed by atoms with E-state index in [-0.39, 0.29) is 36.3 Å². The first kappa shape index (κ1) is 28.3. The number of nitrogens with zero attached hydrogens (tertiary/aromatic N) is 1. The Hall–Kier alpha value is -1.67. The van der Waals surface area contributed by atoms with Gasteiger partial charge in [-0.2, -0.15) is 0 Å². The highest BCUT2D eigenvalue weighted by molar-refractivity contribution is 5.92. The molecule has 2 aliphatic carbocycles. The van der Waals surface area contributed by atoms with Crippen molar-refractivity contribution in [2.45, 2.75) is 147 Å². The molecule has 210 valence electrons. The Morgan fingerprint density at radius 1 is 0.838 bits per heavy atom. The van der Waals surface area contributed by atoms with Gasteiger partial charge in [-0.25, -0.2) is 0 Å². The van der Waals surface area contributed by atoms with Gasteiger partial charge in [0.1, 0.15) is 6.04 Å². The first-order valence-corrected chi connectivity index (χ1v) is 15.2. The van der Waals surface area contributed by atoms with Crippen molar-refractivity contribution >= 4 is 17.7 Å². The number of fused-ring (bicyclic) bond motifs is 1. The van der Waals surface area contributed by atoms with Crippen molar-refractivity contribution in [2.24, 2.45) is 11.8 Å². The van der Waals surface area contributed by atoms with Crippen LogP contribution in [-0.2, 0) is 14.4 Å². The maximum absolute atomic E-state index is 13.5. The van der Waals surface area contributed by atoms with Gasteiger partial charge in [0.25, 0.3) is 0 Å². The molecule has 3 amide bonds. The molecule has 4 N–H and O–H groups in total. The van der Waals surface area contributed by atoms with E-state index in [1.165, 1.54) is 44.9 Å². The van der Waals surface area contributed by atoms with Crippen LogP contribution in [-0.4, -0.2) is 65.5 Å². The lowest BCUT2D eigenvalue weighted by Gasteiger charge is -2.35. The average molecular weight is 518 g/mol. The van der Waals surface area contributed by atoms with Crippen molar-refractivity contribution < 1.29 is 14.4 Å². The second-order valence-electron chi connectivity index (χ2n) is 12.6. The molecule has 4 fully saturated rings. The maximum atomic E-state index is 13.5. The molecule has 0 spiro atoms. The predicted octanol–water partition coefficient (Wildman–Crippen LogP) is 3.20. The molecule has 2 heterocycles. The maximum Gasteiger partial charge on any atom is 0.243 e. The SMILES string of the molecule is CC(C)CCC(=O)N[C@@H](CC(=O)N1CCC[C@@H]1C1CCCCC1)C(=O)N[C@@H](C)C1NC2CCCCC2N1. The first-order valence-electron chi connectivity index (χ1n) is 15.2. The van der Waals surface area contributed by atoms with Crippen LogP contribution in [0.1, 0.15) is 111 Å². The summed E-state index contributed by atoms with van der Waals surface area (Å²) in [6, 6.07) is 0.217. The molecule has 0 bridgehead atoms. The third-order valence-corrected chi connectivity index (χ3v) is 9.22. The highest BCUT2D eigenvalue weighted by atomic mass is 16.2. The van der Waals surface area contributed by atoms with Gasteiger partial charge in [0, 0.05) is 31.1 Å². The summed E-state index contributed by atoms with van der Waals surface area (Å²) in [5, 5.41) is 13.4. The Kier molecular flexibility index (Phi) is 10.3. The molecule has 2 unspecified atom stereocenters. The number of hydrogen-bond acceptors (Lipinski definition) is 5. The molecular formula is C29H51N5O3. The molecule has 2 aliphatic heterocycles. The molecule has 0 aromatic heterocycles.